The fraction of sp³-hybridized carbons (Fsp3) is 0.385. The van der Waals surface area contributed by atoms with E-state index >= 15 is 0 Å². The first-order chi connectivity index (χ1) is 8.74. The zero-order chi connectivity index (χ0) is 13.0. The molecule has 4 nitrogen and oxygen atoms in total. The summed E-state index contributed by atoms with van der Waals surface area (Å²) in [6, 6.07) is 8.14. The van der Waals surface area contributed by atoms with Gasteiger partial charge in [0, 0.05) is 11.6 Å². The van der Waals surface area contributed by atoms with Crippen LogP contribution in [0.4, 0.5) is 0 Å². The summed E-state index contributed by atoms with van der Waals surface area (Å²) in [5, 5.41) is 12.1. The first-order valence-electron chi connectivity index (χ1n) is 6.04. The molecule has 2 rings (SSSR count). The third-order valence-electron chi connectivity index (χ3n) is 3.01. The van der Waals surface area contributed by atoms with E-state index in [0.717, 1.165) is 23.7 Å². The predicted octanol–water partition coefficient (Wildman–Crippen LogP) is 2.45. The molecule has 18 heavy (non-hydrogen) atoms. The number of hydrogen-bond acceptors (Lipinski definition) is 3. The zero-order valence-corrected chi connectivity index (χ0v) is 11.4. The van der Waals surface area contributed by atoms with Crippen LogP contribution in [0.1, 0.15) is 24.2 Å². The molecule has 1 N–H and O–H groups in total. The first kappa shape index (κ1) is 13.1. The molecule has 1 aromatic heterocycles. The number of halogens is 1. The standard InChI is InChI=1S/C13H17ClN4/c1-3-18-13(9-16-17-18)12(15-2)8-10-4-6-11(14)7-5-10/h4-7,9,12,15H,3,8H2,1-2H3. The van der Waals surface area contributed by atoms with Gasteiger partial charge < -0.3 is 5.32 Å². The molecule has 1 heterocycles. The highest BCUT2D eigenvalue weighted by Crippen LogP contribution is 2.18. The van der Waals surface area contributed by atoms with Crippen LogP contribution in [0.3, 0.4) is 0 Å². The van der Waals surface area contributed by atoms with Crippen LogP contribution < -0.4 is 5.32 Å². The quantitative estimate of drug-likeness (QED) is 0.902. The van der Waals surface area contributed by atoms with Gasteiger partial charge in [0.1, 0.15) is 0 Å². The molecule has 0 spiro atoms. The van der Waals surface area contributed by atoms with E-state index in [1.165, 1.54) is 5.56 Å². The molecule has 0 aliphatic carbocycles. The fourth-order valence-electron chi connectivity index (χ4n) is 1.99. The Labute approximate surface area is 112 Å². The summed E-state index contributed by atoms with van der Waals surface area (Å²) in [6.45, 7) is 2.89. The van der Waals surface area contributed by atoms with Crippen LogP contribution in [0, 0.1) is 0 Å². The van der Waals surface area contributed by atoms with Crippen molar-refractivity contribution in [2.45, 2.75) is 25.9 Å². The summed E-state index contributed by atoms with van der Waals surface area (Å²) in [4.78, 5) is 0. The van der Waals surface area contributed by atoms with E-state index in [1.807, 2.05) is 42.2 Å². The van der Waals surface area contributed by atoms with Gasteiger partial charge in [-0.3, -0.25) is 0 Å². The van der Waals surface area contributed by atoms with Crippen molar-refractivity contribution in [1.82, 2.24) is 20.3 Å². The average molecular weight is 265 g/mol. The van der Waals surface area contributed by atoms with Crippen molar-refractivity contribution < 1.29 is 0 Å². The minimum absolute atomic E-state index is 0.209. The Kier molecular flexibility index (Phi) is 4.33. The Balaban J connectivity index is 2.17. The smallest absolute Gasteiger partial charge is 0.0759 e. The van der Waals surface area contributed by atoms with Crippen LogP contribution in [0.25, 0.3) is 0 Å². The zero-order valence-electron chi connectivity index (χ0n) is 10.6. The van der Waals surface area contributed by atoms with Crippen molar-refractivity contribution in [2.75, 3.05) is 7.05 Å². The molecule has 1 atom stereocenters. The average Bonchev–Trinajstić information content (AvgIpc) is 2.86. The van der Waals surface area contributed by atoms with Gasteiger partial charge in [-0.1, -0.05) is 28.9 Å². The second kappa shape index (κ2) is 5.98. The van der Waals surface area contributed by atoms with Crippen molar-refractivity contribution in [3.8, 4) is 0 Å². The van der Waals surface area contributed by atoms with Gasteiger partial charge in [-0.05, 0) is 38.1 Å². The molecule has 2 aromatic rings. The van der Waals surface area contributed by atoms with Crippen molar-refractivity contribution in [2.24, 2.45) is 0 Å². The Morgan fingerprint density at radius 3 is 2.67 bits per heavy atom. The molecule has 0 saturated heterocycles. The number of nitrogens with one attached hydrogen (secondary N) is 1. The van der Waals surface area contributed by atoms with E-state index in [1.54, 1.807) is 0 Å². The van der Waals surface area contributed by atoms with Gasteiger partial charge >= 0.3 is 0 Å². The number of aromatic nitrogens is 3. The van der Waals surface area contributed by atoms with Crippen LogP contribution in [0.15, 0.2) is 30.5 Å². The van der Waals surface area contributed by atoms with Crippen LogP contribution >= 0.6 is 11.6 Å². The van der Waals surface area contributed by atoms with Gasteiger partial charge in [0.15, 0.2) is 0 Å². The lowest BCUT2D eigenvalue weighted by molar-refractivity contribution is 0.508. The summed E-state index contributed by atoms with van der Waals surface area (Å²) in [5.41, 5.74) is 2.34. The van der Waals surface area contributed by atoms with E-state index in [0.29, 0.717) is 0 Å². The van der Waals surface area contributed by atoms with Gasteiger partial charge in [0.25, 0.3) is 0 Å². The van der Waals surface area contributed by atoms with Gasteiger partial charge in [-0.25, -0.2) is 4.68 Å². The molecule has 1 aromatic carbocycles. The molecule has 0 saturated carbocycles. The Morgan fingerprint density at radius 2 is 2.06 bits per heavy atom. The molecule has 0 bridgehead atoms. The second-order valence-corrected chi connectivity index (χ2v) is 4.58. The molecule has 5 heteroatoms. The minimum Gasteiger partial charge on any atom is -0.311 e. The molecule has 0 fully saturated rings. The Hall–Kier alpha value is -1.39. The van der Waals surface area contributed by atoms with Gasteiger partial charge in [-0.15, -0.1) is 5.10 Å². The van der Waals surface area contributed by atoms with Gasteiger partial charge in [-0.2, -0.15) is 0 Å². The molecule has 0 radical (unpaired) electrons. The van der Waals surface area contributed by atoms with Crippen LogP contribution in [-0.4, -0.2) is 22.0 Å². The van der Waals surface area contributed by atoms with Crippen LogP contribution in [0.2, 0.25) is 5.02 Å². The largest absolute Gasteiger partial charge is 0.311 e. The maximum Gasteiger partial charge on any atom is 0.0759 e. The van der Waals surface area contributed by atoms with Crippen molar-refractivity contribution >= 4 is 11.6 Å². The number of nitrogens with zero attached hydrogens (tertiary/aromatic N) is 3. The summed E-state index contributed by atoms with van der Waals surface area (Å²) >= 11 is 5.89. The second-order valence-electron chi connectivity index (χ2n) is 4.15. The summed E-state index contributed by atoms with van der Waals surface area (Å²) in [5.74, 6) is 0. The lowest BCUT2D eigenvalue weighted by Gasteiger charge is -2.16. The van der Waals surface area contributed by atoms with E-state index in [-0.39, 0.29) is 6.04 Å². The third-order valence-corrected chi connectivity index (χ3v) is 3.26. The Bertz CT molecular complexity index is 492. The number of rotatable bonds is 5. The molecule has 0 aliphatic heterocycles. The summed E-state index contributed by atoms with van der Waals surface area (Å²) in [6.07, 6.45) is 2.71. The monoisotopic (exact) mass is 264 g/mol. The number of aryl methyl sites for hydroxylation is 1. The maximum absolute atomic E-state index is 5.89. The molecule has 0 aliphatic rings. The Morgan fingerprint density at radius 1 is 1.33 bits per heavy atom. The van der Waals surface area contributed by atoms with Crippen molar-refractivity contribution in [3.63, 3.8) is 0 Å². The number of benzene rings is 1. The topological polar surface area (TPSA) is 42.7 Å². The summed E-state index contributed by atoms with van der Waals surface area (Å²) in [7, 11) is 1.95. The SMILES string of the molecule is CCn1nncc1C(Cc1ccc(Cl)cc1)NC. The highest BCUT2D eigenvalue weighted by molar-refractivity contribution is 6.30. The fourth-order valence-corrected chi connectivity index (χ4v) is 2.12. The predicted molar refractivity (Wildman–Crippen MR) is 72.7 cm³/mol. The van der Waals surface area contributed by atoms with E-state index in [4.69, 9.17) is 11.6 Å². The normalized spacial score (nSPS) is 12.6. The van der Waals surface area contributed by atoms with Gasteiger partial charge in [0.2, 0.25) is 0 Å². The highest BCUT2D eigenvalue weighted by atomic mass is 35.5. The third kappa shape index (κ3) is 2.89. The lowest BCUT2D eigenvalue weighted by atomic mass is 10.0. The molecule has 1 unspecified atom stereocenters. The molecule has 96 valence electrons. The number of hydrogen-bond donors (Lipinski definition) is 1. The van der Waals surface area contributed by atoms with Crippen molar-refractivity contribution in [3.05, 3.63) is 46.7 Å². The molecular formula is C13H17ClN4. The molecular weight excluding hydrogens is 248 g/mol. The van der Waals surface area contributed by atoms with Crippen LogP contribution in [-0.2, 0) is 13.0 Å². The van der Waals surface area contributed by atoms with E-state index in [9.17, 15) is 0 Å². The van der Waals surface area contributed by atoms with Gasteiger partial charge in [0.05, 0.1) is 17.9 Å². The lowest BCUT2D eigenvalue weighted by Crippen LogP contribution is -2.22. The number of likely N-dealkylation sites (N-methyl/N-ethyl adjacent to an activating group) is 1. The highest BCUT2D eigenvalue weighted by Gasteiger charge is 2.15. The first-order valence-corrected chi connectivity index (χ1v) is 6.42. The maximum atomic E-state index is 5.89. The van der Waals surface area contributed by atoms with E-state index < -0.39 is 0 Å². The van der Waals surface area contributed by atoms with Crippen molar-refractivity contribution in [1.29, 1.82) is 0 Å². The van der Waals surface area contributed by atoms with Crippen LogP contribution in [0.5, 0.6) is 0 Å². The minimum atomic E-state index is 0.209. The summed E-state index contributed by atoms with van der Waals surface area (Å²) < 4.78 is 1.91. The van der Waals surface area contributed by atoms with E-state index in [2.05, 4.69) is 22.6 Å². The molecule has 0 amide bonds.